The van der Waals surface area contributed by atoms with Crippen LogP contribution in [0, 0.1) is 0 Å². The predicted molar refractivity (Wildman–Crippen MR) is 125 cm³/mol. The summed E-state index contributed by atoms with van der Waals surface area (Å²) in [5.74, 6) is 1.06. The number of aliphatic imine (C=N–C) groups is 1. The van der Waals surface area contributed by atoms with E-state index in [1.54, 1.807) is 12.1 Å². The third-order valence-corrected chi connectivity index (χ3v) is 5.85. The van der Waals surface area contributed by atoms with Gasteiger partial charge >= 0.3 is 0 Å². The van der Waals surface area contributed by atoms with Crippen molar-refractivity contribution < 1.29 is 9.84 Å². The Kier molecular flexibility index (Phi) is 6.42. The van der Waals surface area contributed by atoms with E-state index in [1.807, 2.05) is 61.5 Å². The van der Waals surface area contributed by atoms with Crippen LogP contribution < -0.4 is 10.1 Å². The van der Waals surface area contributed by atoms with Crippen molar-refractivity contribution in [3.05, 3.63) is 92.9 Å². The summed E-state index contributed by atoms with van der Waals surface area (Å²) < 4.78 is 6.58. The third-order valence-electron chi connectivity index (χ3n) is 5.09. The molecule has 0 bridgehead atoms. The average molecular weight is 486 g/mol. The summed E-state index contributed by atoms with van der Waals surface area (Å²) >= 11 is 9.71. The summed E-state index contributed by atoms with van der Waals surface area (Å²) in [5.41, 5.74) is 3.82. The van der Waals surface area contributed by atoms with Crippen molar-refractivity contribution in [2.45, 2.75) is 25.6 Å². The molecule has 0 aromatic heterocycles. The molecule has 3 aromatic rings. The van der Waals surface area contributed by atoms with E-state index in [0.717, 1.165) is 32.6 Å². The number of nitrogens with one attached hydrogen (secondary N) is 1. The van der Waals surface area contributed by atoms with E-state index in [1.165, 1.54) is 0 Å². The molecule has 4 rings (SSSR count). The molecule has 0 radical (unpaired) electrons. The van der Waals surface area contributed by atoms with Gasteiger partial charge < -0.3 is 9.84 Å². The van der Waals surface area contributed by atoms with Crippen LogP contribution in [0.5, 0.6) is 11.5 Å². The molecule has 6 heteroatoms. The van der Waals surface area contributed by atoms with Crippen molar-refractivity contribution in [2.24, 2.45) is 4.99 Å². The Morgan fingerprint density at radius 1 is 1.10 bits per heavy atom. The van der Waals surface area contributed by atoms with Gasteiger partial charge in [0.05, 0.1) is 6.61 Å². The van der Waals surface area contributed by atoms with E-state index >= 15 is 0 Å². The van der Waals surface area contributed by atoms with Crippen LogP contribution in [0.2, 0.25) is 5.02 Å². The largest absolute Gasteiger partial charge is 0.508 e. The third kappa shape index (κ3) is 4.69. The highest BCUT2D eigenvalue weighted by molar-refractivity contribution is 9.10. The second kappa shape index (κ2) is 9.21. The standard InChI is InChI=1S/C24H22BrClN2O2/c1-2-30-19-10-5-15(6-11-19)21-14-22(20-13-18(26)9-12-23(20)29)28-24(27-21)16-3-7-17(25)8-4-16/h3-13,22,24,28-29H,2,14H2,1H3/t22-,24+/m1/s1. The summed E-state index contributed by atoms with van der Waals surface area (Å²) in [6.07, 6.45) is 0.395. The van der Waals surface area contributed by atoms with Crippen LogP contribution in [0.3, 0.4) is 0 Å². The Hall–Kier alpha value is -2.34. The van der Waals surface area contributed by atoms with E-state index in [9.17, 15) is 5.11 Å². The lowest BCUT2D eigenvalue weighted by Crippen LogP contribution is -2.33. The number of phenols is 1. The number of nitrogens with zero attached hydrogens (tertiary/aromatic N) is 1. The Morgan fingerprint density at radius 3 is 2.53 bits per heavy atom. The van der Waals surface area contributed by atoms with Gasteiger partial charge in [-0.2, -0.15) is 0 Å². The zero-order valence-electron chi connectivity index (χ0n) is 16.5. The molecule has 0 spiro atoms. The Labute approximate surface area is 189 Å². The first-order chi connectivity index (χ1) is 14.5. The van der Waals surface area contributed by atoms with Crippen molar-refractivity contribution in [1.29, 1.82) is 0 Å². The Morgan fingerprint density at radius 2 is 1.83 bits per heavy atom. The molecule has 0 unspecified atom stereocenters. The first-order valence-electron chi connectivity index (χ1n) is 9.83. The fraction of sp³-hybridized carbons (Fsp3) is 0.208. The van der Waals surface area contributed by atoms with Crippen LogP contribution in [0.25, 0.3) is 0 Å². The average Bonchev–Trinajstić information content (AvgIpc) is 2.76. The first-order valence-corrected chi connectivity index (χ1v) is 11.0. The van der Waals surface area contributed by atoms with Gasteiger partial charge in [-0.25, -0.2) is 0 Å². The van der Waals surface area contributed by atoms with Gasteiger partial charge in [0.15, 0.2) is 0 Å². The highest BCUT2D eigenvalue weighted by atomic mass is 79.9. The van der Waals surface area contributed by atoms with Crippen LogP contribution in [0.15, 0.2) is 76.2 Å². The molecule has 1 aliphatic rings. The quantitative estimate of drug-likeness (QED) is 0.438. The SMILES string of the molecule is CCOc1ccc(C2=N[C@H](c3ccc(Br)cc3)N[C@@H](c3cc(Cl)ccc3O)C2)cc1. The number of hydrogen-bond acceptors (Lipinski definition) is 4. The molecule has 30 heavy (non-hydrogen) atoms. The van der Waals surface area contributed by atoms with E-state index in [2.05, 4.69) is 21.2 Å². The van der Waals surface area contributed by atoms with E-state index in [4.69, 9.17) is 21.3 Å². The van der Waals surface area contributed by atoms with Crippen molar-refractivity contribution in [3.8, 4) is 11.5 Å². The van der Waals surface area contributed by atoms with Crippen molar-refractivity contribution in [3.63, 3.8) is 0 Å². The van der Waals surface area contributed by atoms with Gasteiger partial charge in [-0.05, 0) is 72.6 Å². The van der Waals surface area contributed by atoms with Gasteiger partial charge in [0, 0.05) is 33.2 Å². The molecule has 0 aliphatic carbocycles. The molecule has 3 aromatic carbocycles. The topological polar surface area (TPSA) is 53.8 Å². The smallest absolute Gasteiger partial charge is 0.126 e. The van der Waals surface area contributed by atoms with E-state index in [-0.39, 0.29) is 18.0 Å². The molecule has 2 N–H and O–H groups in total. The van der Waals surface area contributed by atoms with Crippen LogP contribution in [-0.2, 0) is 0 Å². The van der Waals surface area contributed by atoms with Crippen molar-refractivity contribution in [2.75, 3.05) is 6.61 Å². The maximum Gasteiger partial charge on any atom is 0.126 e. The number of ether oxygens (including phenoxy) is 1. The fourth-order valence-electron chi connectivity index (χ4n) is 3.61. The number of halogens is 2. The molecule has 4 nitrogen and oxygen atoms in total. The number of benzene rings is 3. The Bertz CT molecular complexity index is 1050. The van der Waals surface area contributed by atoms with Crippen molar-refractivity contribution in [1.82, 2.24) is 5.32 Å². The second-order valence-electron chi connectivity index (χ2n) is 7.11. The molecule has 0 fully saturated rings. The van der Waals surface area contributed by atoms with Gasteiger partial charge in [-0.1, -0.05) is 39.7 Å². The molecule has 1 aliphatic heterocycles. The minimum absolute atomic E-state index is 0.128. The zero-order chi connectivity index (χ0) is 21.1. The maximum absolute atomic E-state index is 10.5. The highest BCUT2D eigenvalue weighted by Crippen LogP contribution is 2.36. The molecule has 2 atom stereocenters. The van der Waals surface area contributed by atoms with E-state index in [0.29, 0.717) is 18.1 Å². The summed E-state index contributed by atoms with van der Waals surface area (Å²) in [6.45, 7) is 2.60. The van der Waals surface area contributed by atoms with Crippen LogP contribution >= 0.6 is 27.5 Å². The molecule has 0 saturated carbocycles. The molecule has 0 amide bonds. The zero-order valence-corrected chi connectivity index (χ0v) is 18.8. The molecule has 0 saturated heterocycles. The molecular formula is C24H22BrClN2O2. The fourth-order valence-corrected chi connectivity index (χ4v) is 4.06. The highest BCUT2D eigenvalue weighted by Gasteiger charge is 2.28. The maximum atomic E-state index is 10.5. The number of phenolic OH excluding ortho intramolecular Hbond substituents is 1. The van der Waals surface area contributed by atoms with Gasteiger partial charge in [-0.3, -0.25) is 10.3 Å². The van der Waals surface area contributed by atoms with Crippen LogP contribution in [0.1, 0.15) is 42.2 Å². The number of aromatic hydroxyl groups is 1. The Balaban J connectivity index is 1.72. The number of hydrogen-bond donors (Lipinski definition) is 2. The summed E-state index contributed by atoms with van der Waals surface area (Å²) in [6, 6.07) is 21.1. The first kappa shape index (κ1) is 20.9. The van der Waals surface area contributed by atoms with Crippen molar-refractivity contribution >= 4 is 33.2 Å². The van der Waals surface area contributed by atoms with Gasteiger partial charge in [-0.15, -0.1) is 0 Å². The summed E-state index contributed by atoms with van der Waals surface area (Å²) in [4.78, 5) is 4.99. The summed E-state index contributed by atoms with van der Waals surface area (Å²) in [5, 5.41) is 14.6. The molecule has 154 valence electrons. The molecular weight excluding hydrogens is 464 g/mol. The lowest BCUT2D eigenvalue weighted by Gasteiger charge is -2.31. The monoisotopic (exact) mass is 484 g/mol. The lowest BCUT2D eigenvalue weighted by atomic mass is 9.93. The summed E-state index contributed by atoms with van der Waals surface area (Å²) in [7, 11) is 0. The van der Waals surface area contributed by atoms with E-state index < -0.39 is 0 Å². The predicted octanol–water partition coefficient (Wildman–Crippen LogP) is 6.43. The van der Waals surface area contributed by atoms with Gasteiger partial charge in [0.1, 0.15) is 17.7 Å². The minimum atomic E-state index is -0.239. The second-order valence-corrected chi connectivity index (χ2v) is 8.47. The lowest BCUT2D eigenvalue weighted by molar-refractivity contribution is 0.340. The van der Waals surface area contributed by atoms with Gasteiger partial charge in [0.25, 0.3) is 0 Å². The van der Waals surface area contributed by atoms with Gasteiger partial charge in [0.2, 0.25) is 0 Å². The minimum Gasteiger partial charge on any atom is -0.508 e. The normalized spacial score (nSPS) is 18.7. The van der Waals surface area contributed by atoms with Crippen LogP contribution in [-0.4, -0.2) is 17.4 Å². The molecule has 1 heterocycles. The number of rotatable bonds is 5. The van der Waals surface area contributed by atoms with Crippen LogP contribution in [0.4, 0.5) is 0 Å².